The summed E-state index contributed by atoms with van der Waals surface area (Å²) in [5, 5.41) is 12.2. The molecule has 0 bridgehead atoms. The van der Waals surface area contributed by atoms with Crippen LogP contribution in [0.15, 0.2) is 73.1 Å². The van der Waals surface area contributed by atoms with Crippen molar-refractivity contribution >= 4 is 22.4 Å². The van der Waals surface area contributed by atoms with Crippen LogP contribution < -0.4 is 14.8 Å². The van der Waals surface area contributed by atoms with Gasteiger partial charge >= 0.3 is 0 Å². The summed E-state index contributed by atoms with van der Waals surface area (Å²) >= 11 is 1.30. The minimum absolute atomic E-state index is 0.122. The van der Waals surface area contributed by atoms with E-state index in [4.69, 9.17) is 9.47 Å². The van der Waals surface area contributed by atoms with Crippen LogP contribution in [-0.2, 0) is 0 Å². The number of nitrogens with one attached hydrogen (secondary N) is 1. The maximum absolute atomic E-state index is 12.9. The van der Waals surface area contributed by atoms with Crippen LogP contribution in [0.5, 0.6) is 11.5 Å². The first-order chi connectivity index (χ1) is 18.2. The Morgan fingerprint density at radius 3 is 2.57 bits per heavy atom. The van der Waals surface area contributed by atoms with Gasteiger partial charge in [-0.2, -0.15) is 0 Å². The molecular weight excluding hydrogens is 486 g/mol. The number of methoxy groups -OCH3 is 1. The first-order valence-corrected chi connectivity index (χ1v) is 13.2. The van der Waals surface area contributed by atoms with Crippen LogP contribution in [0, 0.1) is 0 Å². The van der Waals surface area contributed by atoms with E-state index in [1.54, 1.807) is 37.7 Å². The molecule has 2 aromatic carbocycles. The molecule has 0 spiro atoms. The van der Waals surface area contributed by atoms with Crippen molar-refractivity contribution < 1.29 is 14.3 Å². The van der Waals surface area contributed by atoms with Crippen LogP contribution in [0.4, 0.5) is 5.13 Å². The molecule has 8 nitrogen and oxygen atoms in total. The topological polar surface area (TPSA) is 89.5 Å². The highest BCUT2D eigenvalue weighted by Gasteiger charge is 2.20. The summed E-state index contributed by atoms with van der Waals surface area (Å²) in [4.78, 5) is 19.4. The fourth-order valence-electron chi connectivity index (χ4n) is 4.38. The summed E-state index contributed by atoms with van der Waals surface area (Å²) in [6.45, 7) is 3.27. The third-order valence-electron chi connectivity index (χ3n) is 6.35. The van der Waals surface area contributed by atoms with Gasteiger partial charge in [-0.25, -0.2) is 0 Å². The van der Waals surface area contributed by atoms with Crippen LogP contribution in [0.25, 0.3) is 10.6 Å². The van der Waals surface area contributed by atoms with E-state index in [0.717, 1.165) is 37.2 Å². The Morgan fingerprint density at radius 2 is 1.81 bits per heavy atom. The van der Waals surface area contributed by atoms with Crippen molar-refractivity contribution in [2.45, 2.75) is 25.4 Å². The molecule has 1 N–H and O–H groups in total. The van der Waals surface area contributed by atoms with E-state index in [1.165, 1.54) is 24.2 Å². The molecule has 0 aliphatic carbocycles. The van der Waals surface area contributed by atoms with Crippen LogP contribution >= 0.6 is 11.3 Å². The molecule has 9 heteroatoms. The lowest BCUT2D eigenvalue weighted by Crippen LogP contribution is -2.23. The van der Waals surface area contributed by atoms with Crippen molar-refractivity contribution in [3.63, 3.8) is 0 Å². The van der Waals surface area contributed by atoms with Gasteiger partial charge in [-0.15, -0.1) is 10.2 Å². The van der Waals surface area contributed by atoms with Gasteiger partial charge in [0.1, 0.15) is 11.1 Å². The lowest BCUT2D eigenvalue weighted by Gasteiger charge is -2.24. The number of nitrogens with zero attached hydrogens (tertiary/aromatic N) is 4. The Hall–Kier alpha value is -3.82. The summed E-state index contributed by atoms with van der Waals surface area (Å²) < 4.78 is 12.1. The molecule has 1 fully saturated rings. The van der Waals surface area contributed by atoms with Gasteiger partial charge in [0, 0.05) is 36.5 Å². The Morgan fingerprint density at radius 1 is 1.03 bits per heavy atom. The van der Waals surface area contributed by atoms with Gasteiger partial charge in [0.25, 0.3) is 5.91 Å². The van der Waals surface area contributed by atoms with Gasteiger partial charge in [-0.1, -0.05) is 41.7 Å². The van der Waals surface area contributed by atoms with Crippen molar-refractivity contribution in [1.29, 1.82) is 0 Å². The molecule has 1 aliphatic heterocycles. The number of hydrogen-bond acceptors (Lipinski definition) is 8. The van der Waals surface area contributed by atoms with E-state index >= 15 is 0 Å². The first kappa shape index (κ1) is 24.9. The number of ether oxygens (including phenoxy) is 2. The smallest absolute Gasteiger partial charge is 0.257 e. The summed E-state index contributed by atoms with van der Waals surface area (Å²) in [6.07, 6.45) is 6.65. The van der Waals surface area contributed by atoms with Crippen molar-refractivity contribution in [3.8, 4) is 22.1 Å². The quantitative estimate of drug-likeness (QED) is 0.300. The second-order valence-corrected chi connectivity index (χ2v) is 9.80. The Balaban J connectivity index is 1.29. The number of benzene rings is 2. The average Bonchev–Trinajstić information content (AvgIpc) is 3.64. The molecule has 1 unspecified atom stereocenters. The zero-order chi connectivity index (χ0) is 25.5. The van der Waals surface area contributed by atoms with Crippen LogP contribution in [0.3, 0.4) is 0 Å². The van der Waals surface area contributed by atoms with Crippen molar-refractivity contribution in [1.82, 2.24) is 20.1 Å². The summed E-state index contributed by atoms with van der Waals surface area (Å²) in [5.41, 5.74) is 2.46. The second-order valence-electron chi connectivity index (χ2n) is 8.82. The zero-order valence-electron chi connectivity index (χ0n) is 20.7. The summed E-state index contributed by atoms with van der Waals surface area (Å²) in [6, 6.07) is 19.2. The maximum atomic E-state index is 12.9. The number of rotatable bonds is 10. The number of carbonyl (C=O) groups is 1. The molecule has 1 amide bonds. The maximum Gasteiger partial charge on any atom is 0.257 e. The molecule has 37 heavy (non-hydrogen) atoms. The van der Waals surface area contributed by atoms with E-state index in [2.05, 4.69) is 37.5 Å². The number of aromatic nitrogens is 3. The Kier molecular flexibility index (Phi) is 8.02. The fourth-order valence-corrected chi connectivity index (χ4v) is 5.13. The highest BCUT2D eigenvalue weighted by atomic mass is 32.1. The number of pyridine rings is 1. The van der Waals surface area contributed by atoms with E-state index in [9.17, 15) is 4.79 Å². The number of carbonyl (C=O) groups excluding carboxylic acids is 1. The highest BCUT2D eigenvalue weighted by Crippen LogP contribution is 2.34. The standard InChI is InChI=1S/C28H29N5O3S/c1-35-25-19-22(26(34)30-28-32-31-27(37-28)21-11-14-29-15-12-21)9-10-24(25)36-23(20-7-3-2-4-8-20)13-18-33-16-5-6-17-33/h2-4,7-12,14-15,19,23H,5-6,13,16-18H2,1H3,(H,30,32,34). The molecule has 0 saturated carbocycles. The Bertz CT molecular complexity index is 1310. The van der Waals surface area contributed by atoms with Gasteiger partial charge < -0.3 is 14.4 Å². The Labute approximate surface area is 220 Å². The van der Waals surface area contributed by atoms with Crippen LogP contribution in [-0.4, -0.2) is 52.7 Å². The minimum atomic E-state index is -0.295. The predicted molar refractivity (Wildman–Crippen MR) is 144 cm³/mol. The summed E-state index contributed by atoms with van der Waals surface area (Å²) in [7, 11) is 1.58. The van der Waals surface area contributed by atoms with Crippen molar-refractivity contribution in [2.75, 3.05) is 32.1 Å². The van der Waals surface area contributed by atoms with Gasteiger partial charge in [0.15, 0.2) is 11.5 Å². The van der Waals surface area contributed by atoms with Crippen molar-refractivity contribution in [2.24, 2.45) is 0 Å². The molecule has 5 rings (SSSR count). The number of likely N-dealkylation sites (tertiary alicyclic amines) is 1. The molecule has 2 aromatic heterocycles. The van der Waals surface area contributed by atoms with Gasteiger partial charge in [0.05, 0.1) is 7.11 Å². The first-order valence-electron chi connectivity index (χ1n) is 12.4. The van der Waals surface area contributed by atoms with Gasteiger partial charge in [0.2, 0.25) is 5.13 Å². The second kappa shape index (κ2) is 11.9. The normalized spacial score (nSPS) is 14.3. The highest BCUT2D eigenvalue weighted by molar-refractivity contribution is 7.18. The fraction of sp³-hybridized carbons (Fsp3) is 0.286. The number of hydrogen-bond donors (Lipinski definition) is 1. The average molecular weight is 516 g/mol. The van der Waals surface area contributed by atoms with E-state index < -0.39 is 0 Å². The molecule has 3 heterocycles. The van der Waals surface area contributed by atoms with Crippen LogP contribution in [0.1, 0.15) is 41.3 Å². The summed E-state index contributed by atoms with van der Waals surface area (Å²) in [5.74, 6) is 0.811. The van der Waals surface area contributed by atoms with Crippen LogP contribution in [0.2, 0.25) is 0 Å². The molecule has 4 aromatic rings. The van der Waals surface area contributed by atoms with E-state index in [1.807, 2.05) is 30.3 Å². The van der Waals surface area contributed by atoms with Gasteiger partial charge in [-0.3, -0.25) is 15.1 Å². The molecule has 1 saturated heterocycles. The lowest BCUT2D eigenvalue weighted by molar-refractivity contribution is 0.102. The third kappa shape index (κ3) is 6.31. The molecule has 1 atom stereocenters. The number of amides is 1. The van der Waals surface area contributed by atoms with Gasteiger partial charge in [-0.05, 0) is 61.8 Å². The van der Waals surface area contributed by atoms with E-state index in [0.29, 0.717) is 27.2 Å². The monoisotopic (exact) mass is 515 g/mol. The molecule has 190 valence electrons. The molecule has 0 radical (unpaired) electrons. The SMILES string of the molecule is COc1cc(C(=O)Nc2nnc(-c3ccncc3)s2)ccc1OC(CCN1CCCC1)c1ccccc1. The molecular formula is C28H29N5O3S. The third-order valence-corrected chi connectivity index (χ3v) is 7.23. The van der Waals surface area contributed by atoms with E-state index in [-0.39, 0.29) is 12.0 Å². The lowest BCUT2D eigenvalue weighted by atomic mass is 10.1. The van der Waals surface area contributed by atoms with Crippen molar-refractivity contribution in [3.05, 3.63) is 84.2 Å². The number of anilines is 1. The zero-order valence-corrected chi connectivity index (χ0v) is 21.5. The minimum Gasteiger partial charge on any atom is -0.493 e. The molecule has 1 aliphatic rings. The predicted octanol–water partition coefficient (Wildman–Crippen LogP) is 5.47. The largest absolute Gasteiger partial charge is 0.493 e.